The van der Waals surface area contributed by atoms with E-state index in [1.165, 1.54) is 5.56 Å². The zero-order valence-corrected chi connectivity index (χ0v) is 14.3. The average Bonchev–Trinajstić information content (AvgIpc) is 2.66. The van der Waals surface area contributed by atoms with Gasteiger partial charge in [0.25, 0.3) is 0 Å². The number of piperidine rings is 1. The van der Waals surface area contributed by atoms with Gasteiger partial charge in [0.2, 0.25) is 5.91 Å². The molecule has 1 amide bonds. The number of anilines is 1. The van der Waals surface area contributed by atoms with E-state index in [4.69, 9.17) is 4.74 Å². The lowest BCUT2D eigenvalue weighted by Gasteiger charge is -2.24. The third-order valence-corrected chi connectivity index (χ3v) is 4.87. The summed E-state index contributed by atoms with van der Waals surface area (Å²) >= 11 is 0. The predicted molar refractivity (Wildman–Crippen MR) is 96.1 cm³/mol. The molecule has 0 saturated carbocycles. The van der Waals surface area contributed by atoms with Crippen LogP contribution in [0.25, 0.3) is 0 Å². The largest absolute Gasteiger partial charge is 0.381 e. The number of hydrogen-bond acceptors (Lipinski definition) is 4. The van der Waals surface area contributed by atoms with Crippen molar-refractivity contribution in [3.05, 3.63) is 58.9 Å². The highest BCUT2D eigenvalue weighted by Gasteiger charge is 2.19. The number of nitrogens with one attached hydrogen (secondary N) is 2. The van der Waals surface area contributed by atoms with Crippen LogP contribution in [0.5, 0.6) is 0 Å². The molecule has 1 saturated heterocycles. The molecule has 0 aliphatic carbocycles. The molecule has 1 unspecified atom stereocenters. The van der Waals surface area contributed by atoms with Gasteiger partial charge in [0.05, 0.1) is 19.3 Å². The van der Waals surface area contributed by atoms with Gasteiger partial charge >= 0.3 is 0 Å². The molecule has 130 valence electrons. The number of benzene rings is 1. The molecule has 4 rings (SSSR count). The Bertz CT molecular complexity index is 775. The number of fused-ring (bicyclic) bond motifs is 1. The summed E-state index contributed by atoms with van der Waals surface area (Å²) in [6.45, 7) is 2.15. The Morgan fingerprint density at radius 2 is 2.24 bits per heavy atom. The molecule has 3 heterocycles. The lowest BCUT2D eigenvalue weighted by molar-refractivity contribution is -0.123. The summed E-state index contributed by atoms with van der Waals surface area (Å²) in [5.74, 6) is 0.150. The Morgan fingerprint density at radius 3 is 3.16 bits per heavy atom. The van der Waals surface area contributed by atoms with Crippen LogP contribution < -0.4 is 10.6 Å². The second-order valence-electron chi connectivity index (χ2n) is 6.74. The molecular weight excluding hydrogens is 314 g/mol. The van der Waals surface area contributed by atoms with Gasteiger partial charge in [-0.2, -0.15) is 0 Å². The summed E-state index contributed by atoms with van der Waals surface area (Å²) in [7, 11) is 0. The van der Waals surface area contributed by atoms with E-state index in [1.54, 1.807) is 0 Å². The van der Waals surface area contributed by atoms with E-state index < -0.39 is 0 Å². The smallest absolute Gasteiger partial charge is 0.220 e. The maximum atomic E-state index is 11.6. The Morgan fingerprint density at radius 1 is 1.28 bits per heavy atom. The summed E-state index contributed by atoms with van der Waals surface area (Å²) in [5.41, 5.74) is 5.73. The van der Waals surface area contributed by atoms with Crippen molar-refractivity contribution in [3.8, 4) is 0 Å². The molecule has 0 spiro atoms. The van der Waals surface area contributed by atoms with Crippen molar-refractivity contribution in [2.24, 2.45) is 0 Å². The summed E-state index contributed by atoms with van der Waals surface area (Å²) in [6.07, 6.45) is 5.45. The molecule has 0 bridgehead atoms. The minimum atomic E-state index is 0.130. The first-order valence-corrected chi connectivity index (χ1v) is 8.95. The second kappa shape index (κ2) is 7.23. The number of pyridine rings is 1. The van der Waals surface area contributed by atoms with Crippen molar-refractivity contribution >= 4 is 11.6 Å². The molecule has 5 heteroatoms. The number of ether oxygens (including phenoxy) is 1. The van der Waals surface area contributed by atoms with E-state index in [2.05, 4.69) is 39.9 Å². The number of carbonyl (C=O) groups excluding carboxylic acids is 1. The summed E-state index contributed by atoms with van der Waals surface area (Å²) in [4.78, 5) is 16.2. The maximum absolute atomic E-state index is 11.6. The minimum Gasteiger partial charge on any atom is -0.381 e. The molecule has 2 aromatic rings. The number of amides is 1. The van der Waals surface area contributed by atoms with Crippen molar-refractivity contribution in [1.82, 2.24) is 10.3 Å². The monoisotopic (exact) mass is 337 g/mol. The van der Waals surface area contributed by atoms with E-state index in [0.29, 0.717) is 13.0 Å². The maximum Gasteiger partial charge on any atom is 0.220 e. The fourth-order valence-corrected chi connectivity index (χ4v) is 3.51. The number of nitrogens with zero attached hydrogens (tertiary/aromatic N) is 1. The quantitative estimate of drug-likeness (QED) is 0.900. The van der Waals surface area contributed by atoms with Gasteiger partial charge in [0.15, 0.2) is 0 Å². The van der Waals surface area contributed by atoms with Gasteiger partial charge in [-0.25, -0.2) is 0 Å². The van der Waals surface area contributed by atoms with Crippen LogP contribution in [-0.4, -0.2) is 17.5 Å². The van der Waals surface area contributed by atoms with Crippen molar-refractivity contribution in [2.45, 2.75) is 44.9 Å². The lowest BCUT2D eigenvalue weighted by atomic mass is 9.97. The Balaban J connectivity index is 1.43. The van der Waals surface area contributed by atoms with Gasteiger partial charge < -0.3 is 15.4 Å². The second-order valence-corrected chi connectivity index (χ2v) is 6.74. The SMILES string of the molecule is O=C1CCCC(c2cccc(NCc3cnc4c(c3)COCC4)c2)N1. The first-order chi connectivity index (χ1) is 12.3. The van der Waals surface area contributed by atoms with E-state index in [-0.39, 0.29) is 11.9 Å². The number of aromatic nitrogens is 1. The molecular formula is C20H23N3O2. The van der Waals surface area contributed by atoms with Crippen LogP contribution in [0, 0.1) is 0 Å². The molecule has 5 nitrogen and oxygen atoms in total. The summed E-state index contributed by atoms with van der Waals surface area (Å²) < 4.78 is 5.51. The Labute approximate surface area is 147 Å². The fraction of sp³-hybridized carbons (Fsp3) is 0.400. The fourth-order valence-electron chi connectivity index (χ4n) is 3.51. The Hall–Kier alpha value is -2.40. The summed E-state index contributed by atoms with van der Waals surface area (Å²) in [5, 5.41) is 6.54. The van der Waals surface area contributed by atoms with Crippen molar-refractivity contribution in [3.63, 3.8) is 0 Å². The van der Waals surface area contributed by atoms with Gasteiger partial charge in [-0.15, -0.1) is 0 Å². The van der Waals surface area contributed by atoms with Gasteiger partial charge in [-0.05, 0) is 47.7 Å². The van der Waals surface area contributed by atoms with Crippen molar-refractivity contribution < 1.29 is 9.53 Å². The third kappa shape index (κ3) is 3.82. The van der Waals surface area contributed by atoms with Crippen LogP contribution >= 0.6 is 0 Å². The average molecular weight is 337 g/mol. The Kier molecular flexibility index (Phi) is 4.65. The first-order valence-electron chi connectivity index (χ1n) is 8.95. The van der Waals surface area contributed by atoms with Crippen molar-refractivity contribution in [2.75, 3.05) is 11.9 Å². The van der Waals surface area contributed by atoms with Gasteiger partial charge in [0, 0.05) is 37.0 Å². The van der Waals surface area contributed by atoms with E-state index >= 15 is 0 Å². The third-order valence-electron chi connectivity index (χ3n) is 4.87. The highest BCUT2D eigenvalue weighted by atomic mass is 16.5. The highest BCUT2D eigenvalue weighted by molar-refractivity contribution is 5.77. The van der Waals surface area contributed by atoms with Gasteiger partial charge in [-0.3, -0.25) is 9.78 Å². The van der Waals surface area contributed by atoms with Crippen LogP contribution in [0.1, 0.15) is 47.7 Å². The molecule has 1 fully saturated rings. The van der Waals surface area contributed by atoms with Crippen molar-refractivity contribution in [1.29, 1.82) is 0 Å². The molecule has 0 radical (unpaired) electrons. The van der Waals surface area contributed by atoms with Crippen LogP contribution in [0.15, 0.2) is 36.5 Å². The molecule has 2 aliphatic heterocycles. The molecule has 2 aliphatic rings. The number of rotatable bonds is 4. The molecule has 2 N–H and O–H groups in total. The molecule has 25 heavy (non-hydrogen) atoms. The van der Waals surface area contributed by atoms with E-state index in [0.717, 1.165) is 54.9 Å². The first kappa shape index (κ1) is 16.1. The predicted octanol–water partition coefficient (Wildman–Crippen LogP) is 3.11. The highest BCUT2D eigenvalue weighted by Crippen LogP contribution is 2.25. The normalized spacial score (nSPS) is 19.8. The van der Waals surface area contributed by atoms with Crippen LogP contribution in [-0.2, 0) is 29.1 Å². The molecule has 1 aromatic carbocycles. The number of hydrogen-bond donors (Lipinski definition) is 2. The van der Waals surface area contributed by atoms with Crippen LogP contribution in [0.3, 0.4) is 0 Å². The van der Waals surface area contributed by atoms with Crippen LogP contribution in [0.2, 0.25) is 0 Å². The summed E-state index contributed by atoms with van der Waals surface area (Å²) in [6, 6.07) is 10.6. The molecule has 1 aromatic heterocycles. The zero-order valence-electron chi connectivity index (χ0n) is 14.3. The zero-order chi connectivity index (χ0) is 17.1. The standard InChI is InChI=1S/C20H23N3O2/c24-20-6-2-5-19(23-20)15-3-1-4-17(10-15)21-11-14-9-16-13-25-8-7-18(16)22-12-14/h1,3-4,9-10,12,19,21H,2,5-8,11,13H2,(H,23,24). The molecule has 1 atom stereocenters. The van der Waals surface area contributed by atoms with E-state index in [1.807, 2.05) is 12.3 Å². The lowest BCUT2D eigenvalue weighted by Crippen LogP contribution is -2.32. The van der Waals surface area contributed by atoms with Crippen LogP contribution in [0.4, 0.5) is 5.69 Å². The minimum absolute atomic E-state index is 0.130. The number of carbonyl (C=O) groups is 1. The van der Waals surface area contributed by atoms with Gasteiger partial charge in [0.1, 0.15) is 0 Å². The topological polar surface area (TPSA) is 63.2 Å². The van der Waals surface area contributed by atoms with Gasteiger partial charge in [-0.1, -0.05) is 12.1 Å². The van der Waals surface area contributed by atoms with E-state index in [9.17, 15) is 4.79 Å².